The number of nitrogen functional groups attached to an aromatic ring is 1. The first kappa shape index (κ1) is 12.6. The van der Waals surface area contributed by atoms with Crippen LogP contribution in [0, 0.1) is 10.1 Å². The third kappa shape index (κ3) is 2.35. The zero-order valence-electron chi connectivity index (χ0n) is 10.3. The highest BCUT2D eigenvalue weighted by Crippen LogP contribution is 2.31. The van der Waals surface area contributed by atoms with E-state index in [2.05, 4.69) is 17.3 Å². The van der Waals surface area contributed by atoms with Gasteiger partial charge in [0, 0.05) is 18.7 Å². The van der Waals surface area contributed by atoms with Crippen molar-refractivity contribution in [3.63, 3.8) is 0 Å². The molecule has 0 bridgehead atoms. The molecule has 1 fully saturated rings. The standard InChI is InChI=1S/C11H17N5O2/c1-8-4-2-3-7-15(8)11-9(16(17)18)5-6-10(13-11)14-12/h5-6,8H,2-4,7,12H2,1H3,(H,13,14). The Hall–Kier alpha value is -1.89. The molecule has 1 aliphatic heterocycles. The average Bonchev–Trinajstić information content (AvgIpc) is 2.38. The Balaban J connectivity index is 2.42. The van der Waals surface area contributed by atoms with E-state index in [-0.39, 0.29) is 11.7 Å². The molecular formula is C11H17N5O2. The molecule has 7 heteroatoms. The van der Waals surface area contributed by atoms with Crippen LogP contribution >= 0.6 is 0 Å². The van der Waals surface area contributed by atoms with E-state index in [9.17, 15) is 10.1 Å². The number of anilines is 2. The van der Waals surface area contributed by atoms with Crippen molar-refractivity contribution in [2.45, 2.75) is 32.2 Å². The highest BCUT2D eigenvalue weighted by Gasteiger charge is 2.27. The van der Waals surface area contributed by atoms with Gasteiger partial charge in [0.1, 0.15) is 5.82 Å². The van der Waals surface area contributed by atoms with Gasteiger partial charge in [0.2, 0.25) is 5.82 Å². The third-order valence-electron chi connectivity index (χ3n) is 3.27. The fraction of sp³-hybridized carbons (Fsp3) is 0.545. The lowest BCUT2D eigenvalue weighted by molar-refractivity contribution is -0.384. The van der Waals surface area contributed by atoms with Crippen LogP contribution in [0.2, 0.25) is 0 Å². The van der Waals surface area contributed by atoms with Gasteiger partial charge in [-0.1, -0.05) is 0 Å². The minimum atomic E-state index is -0.399. The van der Waals surface area contributed by atoms with Crippen LogP contribution in [0.15, 0.2) is 12.1 Å². The average molecular weight is 251 g/mol. The largest absolute Gasteiger partial charge is 0.348 e. The van der Waals surface area contributed by atoms with E-state index in [1.807, 2.05) is 4.90 Å². The van der Waals surface area contributed by atoms with Crippen LogP contribution in [-0.4, -0.2) is 22.5 Å². The number of nitro groups is 1. The summed E-state index contributed by atoms with van der Waals surface area (Å²) in [6.07, 6.45) is 3.21. The van der Waals surface area contributed by atoms with E-state index in [0.29, 0.717) is 11.6 Å². The molecule has 1 saturated heterocycles. The molecule has 0 radical (unpaired) electrons. The summed E-state index contributed by atoms with van der Waals surface area (Å²) < 4.78 is 0. The second kappa shape index (κ2) is 5.18. The van der Waals surface area contributed by atoms with Crippen molar-refractivity contribution in [2.24, 2.45) is 5.84 Å². The molecule has 2 heterocycles. The van der Waals surface area contributed by atoms with Crippen LogP contribution < -0.4 is 16.2 Å². The summed E-state index contributed by atoms with van der Waals surface area (Å²) in [5.41, 5.74) is 2.46. The van der Waals surface area contributed by atoms with Gasteiger partial charge < -0.3 is 10.3 Å². The minimum Gasteiger partial charge on any atom is -0.348 e. The molecule has 0 aliphatic carbocycles. The summed E-state index contributed by atoms with van der Waals surface area (Å²) in [6, 6.07) is 3.22. The van der Waals surface area contributed by atoms with Gasteiger partial charge in [-0.3, -0.25) is 10.1 Å². The summed E-state index contributed by atoms with van der Waals surface area (Å²) in [5, 5.41) is 11.1. The minimum absolute atomic E-state index is 0.0303. The number of aromatic nitrogens is 1. The zero-order chi connectivity index (χ0) is 13.1. The monoisotopic (exact) mass is 251 g/mol. The first-order valence-electron chi connectivity index (χ1n) is 6.02. The van der Waals surface area contributed by atoms with Crippen molar-refractivity contribution in [1.29, 1.82) is 0 Å². The fourth-order valence-electron chi connectivity index (χ4n) is 2.29. The molecule has 3 N–H and O–H groups in total. The summed E-state index contributed by atoms with van der Waals surface area (Å²) >= 11 is 0. The fourth-order valence-corrected chi connectivity index (χ4v) is 2.29. The molecule has 98 valence electrons. The van der Waals surface area contributed by atoms with E-state index in [4.69, 9.17) is 5.84 Å². The van der Waals surface area contributed by atoms with Gasteiger partial charge in [-0.05, 0) is 32.3 Å². The molecule has 1 aromatic rings. The molecular weight excluding hydrogens is 234 g/mol. The van der Waals surface area contributed by atoms with Gasteiger partial charge in [0.25, 0.3) is 0 Å². The van der Waals surface area contributed by atoms with Crippen molar-refractivity contribution in [1.82, 2.24) is 4.98 Å². The first-order chi connectivity index (χ1) is 8.63. The molecule has 0 saturated carbocycles. The Morgan fingerprint density at radius 2 is 2.33 bits per heavy atom. The molecule has 0 amide bonds. The predicted molar refractivity (Wildman–Crippen MR) is 69.4 cm³/mol. The molecule has 1 unspecified atom stereocenters. The second-order valence-electron chi connectivity index (χ2n) is 4.48. The molecule has 2 rings (SSSR count). The SMILES string of the molecule is CC1CCCCN1c1nc(NN)ccc1[N+](=O)[O-]. The number of hydrogen-bond acceptors (Lipinski definition) is 6. The van der Waals surface area contributed by atoms with Gasteiger partial charge in [-0.25, -0.2) is 10.8 Å². The maximum absolute atomic E-state index is 11.1. The molecule has 0 spiro atoms. The molecule has 1 atom stereocenters. The topological polar surface area (TPSA) is 97.3 Å². The van der Waals surface area contributed by atoms with Crippen LogP contribution in [0.3, 0.4) is 0 Å². The third-order valence-corrected chi connectivity index (χ3v) is 3.27. The normalized spacial score (nSPS) is 19.7. The molecule has 18 heavy (non-hydrogen) atoms. The molecule has 7 nitrogen and oxygen atoms in total. The van der Waals surface area contributed by atoms with Crippen LogP contribution in [0.5, 0.6) is 0 Å². The predicted octanol–water partition coefficient (Wildman–Crippen LogP) is 1.65. The van der Waals surface area contributed by atoms with Crippen molar-refractivity contribution in [3.05, 3.63) is 22.2 Å². The summed E-state index contributed by atoms with van der Waals surface area (Å²) in [5.74, 6) is 6.15. The number of rotatable bonds is 3. The van der Waals surface area contributed by atoms with E-state index in [0.717, 1.165) is 25.8 Å². The van der Waals surface area contributed by atoms with Crippen LogP contribution in [0.1, 0.15) is 26.2 Å². The van der Waals surface area contributed by atoms with Crippen molar-refractivity contribution in [2.75, 3.05) is 16.9 Å². The number of nitrogens with two attached hydrogens (primary N) is 1. The quantitative estimate of drug-likeness (QED) is 0.481. The summed E-state index contributed by atoms with van der Waals surface area (Å²) in [4.78, 5) is 16.9. The van der Waals surface area contributed by atoms with Gasteiger partial charge in [-0.15, -0.1) is 0 Å². The van der Waals surface area contributed by atoms with E-state index < -0.39 is 4.92 Å². The summed E-state index contributed by atoms with van der Waals surface area (Å²) in [6.45, 7) is 2.86. The van der Waals surface area contributed by atoms with Crippen LogP contribution in [0.25, 0.3) is 0 Å². The Bertz CT molecular complexity index is 451. The van der Waals surface area contributed by atoms with Gasteiger partial charge in [-0.2, -0.15) is 0 Å². The van der Waals surface area contributed by atoms with Gasteiger partial charge >= 0.3 is 5.69 Å². The van der Waals surface area contributed by atoms with Crippen molar-refractivity contribution >= 4 is 17.3 Å². The van der Waals surface area contributed by atoms with E-state index in [1.54, 1.807) is 0 Å². The summed E-state index contributed by atoms with van der Waals surface area (Å²) in [7, 11) is 0. The van der Waals surface area contributed by atoms with E-state index >= 15 is 0 Å². The van der Waals surface area contributed by atoms with E-state index in [1.165, 1.54) is 12.1 Å². The Kier molecular flexibility index (Phi) is 3.61. The number of pyridine rings is 1. The van der Waals surface area contributed by atoms with Crippen molar-refractivity contribution in [3.8, 4) is 0 Å². The number of hydrogen-bond donors (Lipinski definition) is 2. The number of piperidine rings is 1. The van der Waals surface area contributed by atoms with Crippen LogP contribution in [0.4, 0.5) is 17.3 Å². The van der Waals surface area contributed by atoms with Gasteiger partial charge in [0.15, 0.2) is 0 Å². The zero-order valence-corrected chi connectivity index (χ0v) is 10.3. The maximum atomic E-state index is 11.1. The lowest BCUT2D eigenvalue weighted by Gasteiger charge is -2.34. The number of nitrogens with one attached hydrogen (secondary N) is 1. The number of hydrazine groups is 1. The Morgan fingerprint density at radius 3 is 2.94 bits per heavy atom. The van der Waals surface area contributed by atoms with Gasteiger partial charge in [0.05, 0.1) is 4.92 Å². The lowest BCUT2D eigenvalue weighted by atomic mass is 10.0. The van der Waals surface area contributed by atoms with Crippen LogP contribution in [-0.2, 0) is 0 Å². The first-order valence-corrected chi connectivity index (χ1v) is 6.02. The highest BCUT2D eigenvalue weighted by atomic mass is 16.6. The second-order valence-corrected chi connectivity index (χ2v) is 4.48. The maximum Gasteiger partial charge on any atom is 0.311 e. The highest BCUT2D eigenvalue weighted by molar-refractivity contribution is 5.62. The smallest absolute Gasteiger partial charge is 0.311 e. The Labute approximate surface area is 105 Å². The Morgan fingerprint density at radius 1 is 1.56 bits per heavy atom. The molecule has 1 aliphatic rings. The number of nitrogens with zero attached hydrogens (tertiary/aromatic N) is 3. The lowest BCUT2D eigenvalue weighted by Crippen LogP contribution is -2.38. The molecule has 0 aromatic carbocycles. The molecule has 1 aromatic heterocycles. The van der Waals surface area contributed by atoms with Crippen molar-refractivity contribution < 1.29 is 4.92 Å².